The quantitative estimate of drug-likeness (QED) is 0.742. The topological polar surface area (TPSA) is 71.1 Å². The van der Waals surface area contributed by atoms with Gasteiger partial charge < -0.3 is 10.6 Å². The van der Waals surface area contributed by atoms with Crippen LogP contribution in [0.2, 0.25) is 0 Å². The van der Waals surface area contributed by atoms with Gasteiger partial charge in [0, 0.05) is 24.6 Å². The van der Waals surface area contributed by atoms with Gasteiger partial charge in [-0.25, -0.2) is 4.39 Å². The van der Waals surface area contributed by atoms with E-state index in [1.807, 2.05) is 0 Å². The summed E-state index contributed by atoms with van der Waals surface area (Å²) in [4.78, 5) is 28.1. The molecule has 0 aliphatic carbocycles. The lowest BCUT2D eigenvalue weighted by Crippen LogP contribution is -2.23. The fourth-order valence-electron chi connectivity index (χ4n) is 2.38. The monoisotopic (exact) mass is 349 g/mol. The second-order valence-corrected chi connectivity index (χ2v) is 5.56. The Labute approximate surface area is 149 Å². The number of carbonyl (C=O) groups excluding carboxylic acids is 2. The van der Waals surface area contributed by atoms with Crippen molar-refractivity contribution in [3.63, 3.8) is 0 Å². The minimum absolute atomic E-state index is 0.00599. The Hall–Kier alpha value is -3.54. The van der Waals surface area contributed by atoms with Gasteiger partial charge in [-0.15, -0.1) is 0 Å². The first kappa shape index (κ1) is 17.3. The molecule has 1 heterocycles. The number of anilines is 1. The zero-order valence-corrected chi connectivity index (χ0v) is 13.8. The van der Waals surface area contributed by atoms with Gasteiger partial charge in [-0.2, -0.15) is 0 Å². The molecule has 0 aliphatic rings. The van der Waals surface area contributed by atoms with E-state index in [1.165, 1.54) is 24.4 Å². The lowest BCUT2D eigenvalue weighted by Gasteiger charge is -2.09. The van der Waals surface area contributed by atoms with E-state index in [1.54, 1.807) is 48.7 Å². The van der Waals surface area contributed by atoms with Crippen LogP contribution in [-0.2, 0) is 6.54 Å². The molecule has 0 atom stereocenters. The maximum atomic E-state index is 13.6. The van der Waals surface area contributed by atoms with Crippen LogP contribution >= 0.6 is 0 Å². The van der Waals surface area contributed by atoms with Crippen LogP contribution in [0.15, 0.2) is 73.1 Å². The number of amides is 2. The molecular formula is C20H16FN3O2. The van der Waals surface area contributed by atoms with Gasteiger partial charge in [0.2, 0.25) is 0 Å². The Kier molecular flexibility index (Phi) is 5.34. The Morgan fingerprint density at radius 1 is 0.962 bits per heavy atom. The number of benzene rings is 2. The predicted octanol–water partition coefficient (Wildman–Crippen LogP) is 3.40. The van der Waals surface area contributed by atoms with Crippen LogP contribution in [0, 0.1) is 5.82 Å². The van der Waals surface area contributed by atoms with Crippen LogP contribution < -0.4 is 10.6 Å². The molecule has 0 fully saturated rings. The third kappa shape index (κ3) is 4.30. The molecule has 0 radical (unpaired) electrons. The van der Waals surface area contributed by atoms with Crippen molar-refractivity contribution in [1.29, 1.82) is 0 Å². The molecule has 2 N–H and O–H groups in total. The van der Waals surface area contributed by atoms with Crippen molar-refractivity contribution in [3.05, 3.63) is 95.6 Å². The van der Waals surface area contributed by atoms with Crippen molar-refractivity contribution in [3.8, 4) is 0 Å². The number of pyridine rings is 1. The first-order valence-electron chi connectivity index (χ1n) is 7.96. The van der Waals surface area contributed by atoms with E-state index in [4.69, 9.17) is 0 Å². The average Bonchev–Trinajstić information content (AvgIpc) is 2.67. The zero-order valence-electron chi connectivity index (χ0n) is 13.8. The summed E-state index contributed by atoms with van der Waals surface area (Å²) in [5.74, 6) is -1.33. The summed E-state index contributed by atoms with van der Waals surface area (Å²) in [6.45, 7) is 0.212. The second-order valence-electron chi connectivity index (χ2n) is 5.56. The van der Waals surface area contributed by atoms with Gasteiger partial charge >= 0.3 is 0 Å². The first-order chi connectivity index (χ1) is 12.6. The maximum Gasteiger partial charge on any atom is 0.257 e. The highest BCUT2D eigenvalue weighted by atomic mass is 19.1. The van der Waals surface area contributed by atoms with E-state index in [2.05, 4.69) is 15.6 Å². The predicted molar refractivity (Wildman–Crippen MR) is 96.2 cm³/mol. The fraction of sp³-hybridized carbons (Fsp3) is 0.0500. The SMILES string of the molecule is O=C(Nc1cccc(CNC(=O)c2ccccc2F)c1)c1cccnc1. The van der Waals surface area contributed by atoms with Gasteiger partial charge in [-0.05, 0) is 42.0 Å². The molecule has 2 aromatic carbocycles. The van der Waals surface area contributed by atoms with Gasteiger partial charge in [0.05, 0.1) is 11.1 Å². The van der Waals surface area contributed by atoms with Crippen LogP contribution in [0.5, 0.6) is 0 Å². The number of nitrogens with zero attached hydrogens (tertiary/aromatic N) is 1. The molecule has 0 unspecified atom stereocenters. The summed E-state index contributed by atoms with van der Waals surface area (Å²) in [6.07, 6.45) is 3.07. The minimum Gasteiger partial charge on any atom is -0.348 e. The highest BCUT2D eigenvalue weighted by Gasteiger charge is 2.10. The maximum absolute atomic E-state index is 13.6. The van der Waals surface area contributed by atoms with Gasteiger partial charge in [-0.3, -0.25) is 14.6 Å². The molecule has 3 aromatic rings. The molecule has 6 heteroatoms. The Morgan fingerprint density at radius 3 is 2.58 bits per heavy atom. The molecular weight excluding hydrogens is 333 g/mol. The summed E-state index contributed by atoms with van der Waals surface area (Å²) in [6, 6.07) is 16.2. The summed E-state index contributed by atoms with van der Waals surface area (Å²) in [5.41, 5.74) is 1.81. The van der Waals surface area contributed by atoms with Crippen LogP contribution in [-0.4, -0.2) is 16.8 Å². The second kappa shape index (κ2) is 8.02. The number of aromatic nitrogens is 1. The Morgan fingerprint density at radius 2 is 1.81 bits per heavy atom. The van der Waals surface area contributed by atoms with Crippen molar-refractivity contribution >= 4 is 17.5 Å². The van der Waals surface area contributed by atoms with Crippen LogP contribution in [0.3, 0.4) is 0 Å². The largest absolute Gasteiger partial charge is 0.348 e. The molecule has 130 valence electrons. The standard InChI is InChI=1S/C20H16FN3O2/c21-18-9-2-1-8-17(18)20(26)23-12-14-5-3-7-16(11-14)24-19(25)15-6-4-10-22-13-15/h1-11,13H,12H2,(H,23,26)(H,24,25). The fourth-order valence-corrected chi connectivity index (χ4v) is 2.38. The molecule has 26 heavy (non-hydrogen) atoms. The summed E-state index contributed by atoms with van der Waals surface area (Å²) in [5, 5.41) is 5.44. The molecule has 0 saturated carbocycles. The van der Waals surface area contributed by atoms with Crippen LogP contribution in [0.25, 0.3) is 0 Å². The molecule has 5 nitrogen and oxygen atoms in total. The number of carbonyl (C=O) groups is 2. The summed E-state index contributed by atoms with van der Waals surface area (Å²) < 4.78 is 13.6. The van der Waals surface area contributed by atoms with E-state index < -0.39 is 11.7 Å². The number of rotatable bonds is 5. The van der Waals surface area contributed by atoms with Crippen molar-refractivity contribution in [2.75, 3.05) is 5.32 Å². The normalized spacial score (nSPS) is 10.2. The highest BCUT2D eigenvalue weighted by Crippen LogP contribution is 2.13. The van der Waals surface area contributed by atoms with E-state index >= 15 is 0 Å². The number of hydrogen-bond acceptors (Lipinski definition) is 3. The van der Waals surface area contributed by atoms with E-state index in [0.29, 0.717) is 11.3 Å². The summed E-state index contributed by atoms with van der Waals surface area (Å²) >= 11 is 0. The first-order valence-corrected chi connectivity index (χ1v) is 7.96. The van der Waals surface area contributed by atoms with Gasteiger partial charge in [0.1, 0.15) is 5.82 Å². The summed E-state index contributed by atoms with van der Waals surface area (Å²) in [7, 11) is 0. The molecule has 3 rings (SSSR count). The van der Waals surface area contributed by atoms with E-state index in [9.17, 15) is 14.0 Å². The highest BCUT2D eigenvalue weighted by molar-refractivity contribution is 6.04. The third-order valence-corrected chi connectivity index (χ3v) is 3.68. The Bertz CT molecular complexity index is 929. The van der Waals surface area contributed by atoms with Crippen molar-refractivity contribution < 1.29 is 14.0 Å². The van der Waals surface area contributed by atoms with Crippen LogP contribution in [0.4, 0.5) is 10.1 Å². The molecule has 0 spiro atoms. The molecule has 0 saturated heterocycles. The lowest BCUT2D eigenvalue weighted by atomic mass is 10.1. The van der Waals surface area contributed by atoms with Crippen LogP contribution in [0.1, 0.15) is 26.3 Å². The van der Waals surface area contributed by atoms with Gasteiger partial charge in [0.15, 0.2) is 0 Å². The number of halogens is 1. The van der Waals surface area contributed by atoms with Crippen molar-refractivity contribution in [2.24, 2.45) is 0 Å². The van der Waals surface area contributed by atoms with Gasteiger partial charge in [0.25, 0.3) is 11.8 Å². The average molecular weight is 349 g/mol. The van der Waals surface area contributed by atoms with E-state index in [0.717, 1.165) is 5.56 Å². The number of nitrogens with one attached hydrogen (secondary N) is 2. The molecule has 0 bridgehead atoms. The zero-order chi connectivity index (χ0) is 18.4. The lowest BCUT2D eigenvalue weighted by molar-refractivity contribution is 0.0946. The Balaban J connectivity index is 1.63. The molecule has 2 amide bonds. The smallest absolute Gasteiger partial charge is 0.257 e. The van der Waals surface area contributed by atoms with Crippen molar-refractivity contribution in [1.82, 2.24) is 10.3 Å². The van der Waals surface area contributed by atoms with Crippen molar-refractivity contribution in [2.45, 2.75) is 6.54 Å². The number of hydrogen-bond donors (Lipinski definition) is 2. The van der Waals surface area contributed by atoms with Gasteiger partial charge in [-0.1, -0.05) is 24.3 Å². The minimum atomic E-state index is -0.567. The third-order valence-electron chi connectivity index (χ3n) is 3.68. The van der Waals surface area contributed by atoms with E-state index in [-0.39, 0.29) is 18.0 Å². The molecule has 0 aliphatic heterocycles. The molecule has 1 aromatic heterocycles.